The number of rotatable bonds is 7. The second-order valence-electron chi connectivity index (χ2n) is 16.0. The summed E-state index contributed by atoms with van der Waals surface area (Å²) in [6.07, 6.45) is 7.88. The first-order chi connectivity index (χ1) is 19.2. The molecule has 0 aromatic carbocycles. The molecule has 3 aliphatic heterocycles. The Morgan fingerprint density at radius 2 is 1.71 bits per heavy atom. The number of fused-ring (bicyclic) bond motifs is 1. The van der Waals surface area contributed by atoms with E-state index in [1.165, 1.54) is 25.7 Å². The molecule has 10 heteroatoms. The predicted molar refractivity (Wildman–Crippen MR) is 154 cm³/mol. The summed E-state index contributed by atoms with van der Waals surface area (Å²) in [5, 5.41) is 12.6. The van der Waals surface area contributed by atoms with E-state index >= 15 is 0 Å². The van der Waals surface area contributed by atoms with Crippen LogP contribution in [-0.4, -0.2) is 84.0 Å². The second kappa shape index (κ2) is 9.58. The summed E-state index contributed by atoms with van der Waals surface area (Å²) in [6, 6.07) is -1.51. The van der Waals surface area contributed by atoms with Gasteiger partial charge in [0.2, 0.25) is 17.7 Å². The normalized spacial score (nSPS) is 33.2. The Morgan fingerprint density at radius 1 is 1.05 bits per heavy atom. The molecule has 5 amide bonds. The van der Waals surface area contributed by atoms with Gasteiger partial charge in [-0.25, -0.2) is 4.79 Å². The third kappa shape index (κ3) is 5.01. The summed E-state index contributed by atoms with van der Waals surface area (Å²) < 4.78 is 0. The zero-order valence-electron chi connectivity index (χ0n) is 25.8. The molecule has 6 fully saturated rings. The minimum absolute atomic E-state index is 0.00980. The first kappa shape index (κ1) is 28.7. The molecular formula is C31H50N6O4. The summed E-state index contributed by atoms with van der Waals surface area (Å²) >= 11 is 0. The number of nitrogens with zero attached hydrogens (tertiary/aromatic N) is 2. The highest BCUT2D eigenvalue weighted by molar-refractivity contribution is 5.94. The number of piperidine rings is 1. The molecule has 0 aromatic heterocycles. The van der Waals surface area contributed by atoms with Crippen LogP contribution in [0.1, 0.15) is 86.0 Å². The van der Waals surface area contributed by atoms with Gasteiger partial charge in [-0.3, -0.25) is 14.4 Å². The van der Waals surface area contributed by atoms with Crippen LogP contribution in [0.2, 0.25) is 0 Å². The maximum absolute atomic E-state index is 14.2. The molecule has 3 saturated carbocycles. The Morgan fingerprint density at radius 3 is 2.27 bits per heavy atom. The van der Waals surface area contributed by atoms with Gasteiger partial charge in [0.15, 0.2) is 0 Å². The van der Waals surface area contributed by atoms with E-state index in [0.29, 0.717) is 13.0 Å². The van der Waals surface area contributed by atoms with E-state index in [2.05, 4.69) is 35.1 Å². The lowest BCUT2D eigenvalue weighted by Crippen LogP contribution is -2.65. The summed E-state index contributed by atoms with van der Waals surface area (Å²) in [5.74, 6) is -0.103. The lowest BCUT2D eigenvalue weighted by Gasteiger charge is -2.49. The van der Waals surface area contributed by atoms with Crippen LogP contribution in [0.3, 0.4) is 0 Å². The van der Waals surface area contributed by atoms with Gasteiger partial charge in [-0.15, -0.1) is 0 Å². The van der Waals surface area contributed by atoms with Gasteiger partial charge in [-0.1, -0.05) is 47.5 Å². The zero-order chi connectivity index (χ0) is 29.5. The van der Waals surface area contributed by atoms with Gasteiger partial charge < -0.3 is 31.1 Å². The standard InChI is InChI=1S/C31H50N6O4/c1-28(2,3)23(34-27(41)36-16-30(17-36)9-7-8-10-30)26(40)37-15-19-21(29(19,4)5)22(37)25(39)33-20(32-6)13-18-14-31(11-12-31)35-24(18)38/h18-23,32H,7-17H2,1-6H3,(H,33,39)(H,34,41)(H,35,38). The third-order valence-electron chi connectivity index (χ3n) is 11.6. The molecule has 0 bridgehead atoms. The van der Waals surface area contributed by atoms with Crippen molar-refractivity contribution in [3.8, 4) is 0 Å². The number of carbonyl (C=O) groups excluding carboxylic acids is 4. The summed E-state index contributed by atoms with van der Waals surface area (Å²) in [4.78, 5) is 57.5. The van der Waals surface area contributed by atoms with Crippen molar-refractivity contribution >= 4 is 23.8 Å². The summed E-state index contributed by atoms with van der Waals surface area (Å²) in [5.41, 5.74) is -0.268. The van der Waals surface area contributed by atoms with Gasteiger partial charge >= 0.3 is 6.03 Å². The Kier molecular flexibility index (Phi) is 6.71. The summed E-state index contributed by atoms with van der Waals surface area (Å²) in [6.45, 7) is 12.3. The van der Waals surface area contributed by atoms with Crippen LogP contribution < -0.4 is 21.3 Å². The van der Waals surface area contributed by atoms with E-state index in [9.17, 15) is 19.2 Å². The predicted octanol–water partition coefficient (Wildman–Crippen LogP) is 2.19. The highest BCUT2D eigenvalue weighted by Crippen LogP contribution is 2.65. The molecule has 3 aliphatic carbocycles. The van der Waals surface area contributed by atoms with Crippen molar-refractivity contribution in [1.82, 2.24) is 31.1 Å². The van der Waals surface area contributed by atoms with Crippen molar-refractivity contribution in [2.24, 2.45) is 34.0 Å². The first-order valence-electron chi connectivity index (χ1n) is 15.8. The van der Waals surface area contributed by atoms with Crippen LogP contribution in [0.4, 0.5) is 4.79 Å². The molecule has 6 atom stereocenters. The van der Waals surface area contributed by atoms with Gasteiger partial charge in [0, 0.05) is 36.5 Å². The largest absolute Gasteiger partial charge is 0.350 e. The molecule has 6 aliphatic rings. The van der Waals surface area contributed by atoms with E-state index < -0.39 is 17.5 Å². The number of hydrogen-bond donors (Lipinski definition) is 4. The average molecular weight is 571 g/mol. The van der Waals surface area contributed by atoms with Crippen molar-refractivity contribution in [3.05, 3.63) is 0 Å². The van der Waals surface area contributed by atoms with Crippen molar-refractivity contribution < 1.29 is 19.2 Å². The topological polar surface area (TPSA) is 123 Å². The van der Waals surface area contributed by atoms with Crippen molar-refractivity contribution in [1.29, 1.82) is 0 Å². The van der Waals surface area contributed by atoms with Crippen LogP contribution >= 0.6 is 0 Å². The van der Waals surface area contributed by atoms with Crippen LogP contribution in [-0.2, 0) is 14.4 Å². The molecule has 0 aromatic rings. The zero-order valence-corrected chi connectivity index (χ0v) is 25.8. The minimum atomic E-state index is -0.733. The van der Waals surface area contributed by atoms with Gasteiger partial charge in [-0.05, 0) is 68.2 Å². The number of hydrogen-bond acceptors (Lipinski definition) is 5. The van der Waals surface area contributed by atoms with Crippen molar-refractivity contribution in [3.63, 3.8) is 0 Å². The SMILES string of the molecule is CNC(CC1CC2(CC2)NC1=O)NC(=O)C1C2C(CN1C(=O)C(NC(=O)N1CC3(CCCC3)C1)C(C)(C)C)C2(C)C. The van der Waals surface area contributed by atoms with Crippen LogP contribution in [0, 0.1) is 34.0 Å². The number of urea groups is 1. The fourth-order valence-electron chi connectivity index (χ4n) is 8.63. The lowest BCUT2D eigenvalue weighted by atomic mass is 9.78. The highest BCUT2D eigenvalue weighted by Gasteiger charge is 2.70. The minimum Gasteiger partial charge on any atom is -0.350 e. The van der Waals surface area contributed by atoms with E-state index in [0.717, 1.165) is 32.4 Å². The Bertz CT molecular complexity index is 1110. The molecule has 3 saturated heterocycles. The van der Waals surface area contributed by atoms with E-state index in [1.807, 2.05) is 25.7 Å². The molecule has 2 spiro atoms. The average Bonchev–Trinajstić information content (AvgIpc) is 3.43. The molecule has 228 valence electrons. The van der Waals surface area contributed by atoms with Crippen LogP contribution in [0.5, 0.6) is 0 Å². The molecule has 6 unspecified atom stereocenters. The monoisotopic (exact) mass is 570 g/mol. The number of amides is 5. The fourth-order valence-corrected chi connectivity index (χ4v) is 8.63. The lowest BCUT2D eigenvalue weighted by molar-refractivity contribution is -0.144. The molecule has 10 nitrogen and oxygen atoms in total. The summed E-state index contributed by atoms with van der Waals surface area (Å²) in [7, 11) is 1.79. The van der Waals surface area contributed by atoms with Crippen molar-refractivity contribution in [2.45, 2.75) is 110 Å². The van der Waals surface area contributed by atoms with Gasteiger partial charge in [0.25, 0.3) is 0 Å². The molecular weight excluding hydrogens is 520 g/mol. The smallest absolute Gasteiger partial charge is 0.318 e. The highest BCUT2D eigenvalue weighted by atomic mass is 16.2. The third-order valence-corrected chi connectivity index (χ3v) is 11.6. The molecule has 4 N–H and O–H groups in total. The number of nitrogens with one attached hydrogen (secondary N) is 4. The van der Waals surface area contributed by atoms with E-state index in [-0.39, 0.29) is 64.0 Å². The molecule has 6 rings (SSSR count). The van der Waals surface area contributed by atoms with E-state index in [4.69, 9.17) is 0 Å². The van der Waals surface area contributed by atoms with Crippen molar-refractivity contribution in [2.75, 3.05) is 26.7 Å². The van der Waals surface area contributed by atoms with Gasteiger partial charge in [0.1, 0.15) is 12.1 Å². The first-order valence-corrected chi connectivity index (χ1v) is 15.8. The second-order valence-corrected chi connectivity index (χ2v) is 16.0. The number of carbonyl (C=O) groups is 4. The molecule has 41 heavy (non-hydrogen) atoms. The molecule has 0 radical (unpaired) electrons. The maximum Gasteiger partial charge on any atom is 0.318 e. The Balaban J connectivity index is 1.13. The Labute approximate surface area is 244 Å². The van der Waals surface area contributed by atoms with E-state index in [1.54, 1.807) is 11.9 Å². The van der Waals surface area contributed by atoms with Gasteiger partial charge in [0.05, 0.1) is 6.17 Å². The molecule has 3 heterocycles. The number of likely N-dealkylation sites (tertiary alicyclic amines) is 2. The van der Waals surface area contributed by atoms with Gasteiger partial charge in [-0.2, -0.15) is 0 Å². The Hall–Kier alpha value is -2.36. The van der Waals surface area contributed by atoms with Crippen LogP contribution in [0.15, 0.2) is 0 Å². The fraction of sp³-hybridized carbons (Fsp3) is 0.871. The maximum atomic E-state index is 14.2. The van der Waals surface area contributed by atoms with Crippen LogP contribution in [0.25, 0.3) is 0 Å². The quantitative estimate of drug-likeness (QED) is 0.350.